The number of hydrogen-bond acceptors (Lipinski definition) is 4. The van der Waals surface area contributed by atoms with Crippen molar-refractivity contribution in [2.75, 3.05) is 50.7 Å². The molecule has 2 rings (SSSR count). The number of nitrogens with zero attached hydrogens (tertiary/aromatic N) is 2. The summed E-state index contributed by atoms with van der Waals surface area (Å²) in [6.45, 7) is 2.99. The number of thioether (sulfide) groups is 1. The highest BCUT2D eigenvalue weighted by molar-refractivity contribution is 7.98. The topological polar surface area (TPSA) is 48.9 Å². The molecule has 1 aromatic carbocycles. The molecule has 1 aliphatic rings. The summed E-state index contributed by atoms with van der Waals surface area (Å²) >= 11 is 1.88. The van der Waals surface area contributed by atoms with Crippen molar-refractivity contribution in [1.29, 1.82) is 0 Å². The van der Waals surface area contributed by atoms with Gasteiger partial charge in [0.1, 0.15) is 5.75 Å². The first kappa shape index (κ1) is 18.8. The van der Waals surface area contributed by atoms with Crippen molar-refractivity contribution in [2.45, 2.75) is 25.3 Å². The molecule has 1 atom stereocenters. The first-order valence-corrected chi connectivity index (χ1v) is 10.0. The number of guanidine groups is 1. The molecule has 1 unspecified atom stereocenters. The predicted octanol–water partition coefficient (Wildman–Crippen LogP) is 2.58. The fraction of sp³-hybridized carbons (Fsp3) is 0.611. The highest BCUT2D eigenvalue weighted by atomic mass is 32.2. The molecule has 1 saturated heterocycles. The smallest absolute Gasteiger partial charge is 0.191 e. The van der Waals surface area contributed by atoms with Crippen molar-refractivity contribution in [3.8, 4) is 5.75 Å². The Morgan fingerprint density at radius 1 is 1.42 bits per heavy atom. The van der Waals surface area contributed by atoms with Gasteiger partial charge in [0.2, 0.25) is 0 Å². The molecule has 6 heteroatoms. The van der Waals surface area contributed by atoms with Crippen LogP contribution in [-0.2, 0) is 0 Å². The molecule has 0 radical (unpaired) electrons. The lowest BCUT2D eigenvalue weighted by molar-refractivity contribution is 0.408. The van der Waals surface area contributed by atoms with Crippen LogP contribution in [0.1, 0.15) is 19.3 Å². The van der Waals surface area contributed by atoms with Crippen molar-refractivity contribution in [1.82, 2.24) is 10.6 Å². The zero-order valence-electron chi connectivity index (χ0n) is 15.0. The third kappa shape index (κ3) is 5.51. The Bertz CT molecular complexity index is 523. The highest BCUT2D eigenvalue weighted by Gasteiger charge is 2.22. The van der Waals surface area contributed by atoms with Gasteiger partial charge in [-0.25, -0.2) is 0 Å². The first-order valence-electron chi connectivity index (χ1n) is 8.62. The molecule has 1 heterocycles. The number of rotatable bonds is 7. The molecule has 1 aliphatic heterocycles. The minimum atomic E-state index is 0.399. The van der Waals surface area contributed by atoms with Crippen LogP contribution in [0.4, 0.5) is 5.69 Å². The average Bonchev–Trinajstić information content (AvgIpc) is 2.64. The van der Waals surface area contributed by atoms with Gasteiger partial charge >= 0.3 is 0 Å². The molecule has 0 amide bonds. The standard InChI is InChI=1S/C18H30N4OS/c1-19-18(20-11-7-13-24-3)21-15-8-6-12-22(14-15)16-9-4-5-10-17(16)23-2/h4-5,9-10,15H,6-8,11-14H2,1-3H3,(H2,19,20,21). The molecule has 1 fully saturated rings. The van der Waals surface area contributed by atoms with Crippen molar-refractivity contribution in [3.63, 3.8) is 0 Å². The summed E-state index contributed by atoms with van der Waals surface area (Å²) in [6, 6.07) is 8.65. The van der Waals surface area contributed by atoms with E-state index in [1.165, 1.54) is 17.9 Å². The Kier molecular flexibility index (Phi) is 8.08. The van der Waals surface area contributed by atoms with Crippen LogP contribution in [0.3, 0.4) is 0 Å². The number of methoxy groups -OCH3 is 1. The number of ether oxygens (including phenoxy) is 1. The quantitative estimate of drug-likeness (QED) is 0.450. The van der Waals surface area contributed by atoms with Crippen LogP contribution in [-0.4, -0.2) is 57.8 Å². The lowest BCUT2D eigenvalue weighted by atomic mass is 10.0. The number of nitrogens with one attached hydrogen (secondary N) is 2. The van der Waals surface area contributed by atoms with Crippen LogP contribution in [0.5, 0.6) is 5.75 Å². The minimum absolute atomic E-state index is 0.399. The Labute approximate surface area is 150 Å². The van der Waals surface area contributed by atoms with Gasteiger partial charge in [-0.1, -0.05) is 12.1 Å². The molecular formula is C18H30N4OS. The van der Waals surface area contributed by atoms with Gasteiger partial charge in [0.25, 0.3) is 0 Å². The van der Waals surface area contributed by atoms with Crippen molar-refractivity contribution in [3.05, 3.63) is 24.3 Å². The lowest BCUT2D eigenvalue weighted by Crippen LogP contribution is -2.51. The van der Waals surface area contributed by atoms with E-state index in [0.717, 1.165) is 44.2 Å². The Balaban J connectivity index is 1.90. The summed E-state index contributed by atoms with van der Waals surface area (Å²) in [5.74, 6) is 3.02. The normalized spacial score (nSPS) is 18.4. The summed E-state index contributed by atoms with van der Waals surface area (Å²) in [4.78, 5) is 6.76. The van der Waals surface area contributed by atoms with Gasteiger partial charge in [-0.3, -0.25) is 4.99 Å². The number of piperidine rings is 1. The molecule has 24 heavy (non-hydrogen) atoms. The Morgan fingerprint density at radius 3 is 3.00 bits per heavy atom. The fourth-order valence-corrected chi connectivity index (χ4v) is 3.45. The molecule has 134 valence electrons. The first-order chi connectivity index (χ1) is 11.8. The molecule has 0 aliphatic carbocycles. The maximum atomic E-state index is 5.51. The molecule has 0 saturated carbocycles. The molecule has 0 spiro atoms. The van der Waals surface area contributed by atoms with Crippen LogP contribution in [0.2, 0.25) is 0 Å². The van der Waals surface area contributed by atoms with E-state index < -0.39 is 0 Å². The van der Waals surface area contributed by atoms with Crippen LogP contribution >= 0.6 is 11.8 Å². The SMILES string of the molecule is CN=C(NCCCSC)NC1CCCN(c2ccccc2OC)C1. The van der Waals surface area contributed by atoms with E-state index in [1.807, 2.05) is 30.9 Å². The largest absolute Gasteiger partial charge is 0.495 e. The number of anilines is 1. The third-order valence-corrected chi connectivity index (χ3v) is 4.93. The van der Waals surface area contributed by atoms with E-state index in [1.54, 1.807) is 7.11 Å². The minimum Gasteiger partial charge on any atom is -0.495 e. The van der Waals surface area contributed by atoms with Crippen LogP contribution in [0.25, 0.3) is 0 Å². The van der Waals surface area contributed by atoms with Gasteiger partial charge in [0.15, 0.2) is 5.96 Å². The Hall–Kier alpha value is -1.56. The van der Waals surface area contributed by atoms with Crippen molar-refractivity contribution in [2.24, 2.45) is 4.99 Å². The summed E-state index contributed by atoms with van der Waals surface area (Å²) in [7, 11) is 3.57. The summed E-state index contributed by atoms with van der Waals surface area (Å²) in [5.41, 5.74) is 1.18. The zero-order chi connectivity index (χ0) is 17.2. The van der Waals surface area contributed by atoms with Gasteiger partial charge in [-0.15, -0.1) is 0 Å². The summed E-state index contributed by atoms with van der Waals surface area (Å²) in [6.07, 6.45) is 5.62. The van der Waals surface area contributed by atoms with E-state index in [4.69, 9.17) is 4.74 Å². The number of aliphatic imine (C=N–C) groups is 1. The van der Waals surface area contributed by atoms with Crippen molar-refractivity contribution < 1.29 is 4.74 Å². The summed E-state index contributed by atoms with van der Waals surface area (Å²) in [5, 5.41) is 6.98. The van der Waals surface area contributed by atoms with Gasteiger partial charge in [0.05, 0.1) is 12.8 Å². The Morgan fingerprint density at radius 2 is 2.25 bits per heavy atom. The van der Waals surface area contributed by atoms with Crippen LogP contribution in [0, 0.1) is 0 Å². The molecule has 2 N–H and O–H groups in total. The highest BCUT2D eigenvalue weighted by Crippen LogP contribution is 2.29. The number of benzene rings is 1. The second-order valence-electron chi connectivity index (χ2n) is 5.95. The van der Waals surface area contributed by atoms with Crippen LogP contribution in [0.15, 0.2) is 29.3 Å². The van der Waals surface area contributed by atoms with Gasteiger partial charge in [-0.2, -0.15) is 11.8 Å². The lowest BCUT2D eigenvalue weighted by Gasteiger charge is -2.36. The van der Waals surface area contributed by atoms with Gasteiger partial charge in [0, 0.05) is 32.7 Å². The maximum Gasteiger partial charge on any atom is 0.191 e. The fourth-order valence-electron chi connectivity index (χ4n) is 3.02. The third-order valence-electron chi connectivity index (χ3n) is 4.23. The maximum absolute atomic E-state index is 5.51. The van der Waals surface area contributed by atoms with E-state index in [2.05, 4.69) is 38.9 Å². The zero-order valence-corrected chi connectivity index (χ0v) is 15.9. The van der Waals surface area contributed by atoms with E-state index in [-0.39, 0.29) is 0 Å². The average molecular weight is 351 g/mol. The monoisotopic (exact) mass is 350 g/mol. The van der Waals surface area contributed by atoms with Crippen LogP contribution < -0.4 is 20.3 Å². The van der Waals surface area contributed by atoms with E-state index in [9.17, 15) is 0 Å². The molecular weight excluding hydrogens is 320 g/mol. The van der Waals surface area contributed by atoms with Gasteiger partial charge in [-0.05, 0) is 43.4 Å². The predicted molar refractivity (Wildman–Crippen MR) is 106 cm³/mol. The molecule has 0 aromatic heterocycles. The number of para-hydroxylation sites is 2. The van der Waals surface area contributed by atoms with E-state index >= 15 is 0 Å². The van der Waals surface area contributed by atoms with Crippen molar-refractivity contribution >= 4 is 23.4 Å². The molecule has 5 nitrogen and oxygen atoms in total. The number of hydrogen-bond donors (Lipinski definition) is 2. The molecule has 0 bridgehead atoms. The molecule has 1 aromatic rings. The summed E-state index contributed by atoms with van der Waals surface area (Å²) < 4.78 is 5.51. The van der Waals surface area contributed by atoms with E-state index in [0.29, 0.717) is 6.04 Å². The second kappa shape index (κ2) is 10.3. The van der Waals surface area contributed by atoms with Gasteiger partial charge < -0.3 is 20.3 Å². The second-order valence-corrected chi connectivity index (χ2v) is 6.93.